The SMILES string of the molecule is C[C@H]1CCO[C@H]1c1nnc(N2CCN(CC(=O)NC3CC3)CC2)n1C. The van der Waals surface area contributed by atoms with E-state index >= 15 is 0 Å². The molecule has 8 heteroatoms. The fourth-order valence-corrected chi connectivity index (χ4v) is 3.69. The van der Waals surface area contributed by atoms with Crippen molar-refractivity contribution in [2.45, 2.75) is 38.3 Å². The maximum absolute atomic E-state index is 11.9. The van der Waals surface area contributed by atoms with E-state index < -0.39 is 0 Å². The third-order valence-electron chi connectivity index (χ3n) is 5.49. The summed E-state index contributed by atoms with van der Waals surface area (Å²) in [5.41, 5.74) is 0. The van der Waals surface area contributed by atoms with E-state index in [4.69, 9.17) is 4.74 Å². The van der Waals surface area contributed by atoms with E-state index in [2.05, 4.69) is 36.8 Å². The molecule has 2 aliphatic heterocycles. The lowest BCUT2D eigenvalue weighted by atomic mass is 10.0. The number of hydrogen-bond donors (Lipinski definition) is 1. The van der Waals surface area contributed by atoms with E-state index in [0.717, 1.165) is 63.8 Å². The highest BCUT2D eigenvalue weighted by Gasteiger charge is 2.32. The molecule has 3 heterocycles. The third-order valence-corrected chi connectivity index (χ3v) is 5.49. The number of anilines is 1. The zero-order valence-corrected chi connectivity index (χ0v) is 15.1. The number of nitrogens with zero attached hydrogens (tertiary/aromatic N) is 5. The zero-order valence-electron chi connectivity index (χ0n) is 15.1. The molecule has 0 radical (unpaired) electrons. The van der Waals surface area contributed by atoms with Crippen LogP contribution in [0.4, 0.5) is 5.95 Å². The highest BCUT2D eigenvalue weighted by atomic mass is 16.5. The van der Waals surface area contributed by atoms with Gasteiger partial charge in [0.1, 0.15) is 6.10 Å². The van der Waals surface area contributed by atoms with Crippen molar-refractivity contribution in [1.29, 1.82) is 0 Å². The molecule has 4 rings (SSSR count). The van der Waals surface area contributed by atoms with Gasteiger partial charge in [0.25, 0.3) is 0 Å². The van der Waals surface area contributed by atoms with Crippen LogP contribution in [0.1, 0.15) is 38.1 Å². The number of carbonyl (C=O) groups excluding carboxylic acids is 1. The number of piperazine rings is 1. The van der Waals surface area contributed by atoms with Gasteiger partial charge < -0.3 is 15.0 Å². The van der Waals surface area contributed by atoms with Crippen LogP contribution in [0.15, 0.2) is 0 Å². The quantitative estimate of drug-likeness (QED) is 0.826. The first-order chi connectivity index (χ1) is 12.1. The molecule has 1 saturated carbocycles. The van der Waals surface area contributed by atoms with Crippen molar-refractivity contribution in [2.24, 2.45) is 13.0 Å². The molecule has 1 N–H and O–H groups in total. The van der Waals surface area contributed by atoms with Crippen molar-refractivity contribution in [2.75, 3.05) is 44.2 Å². The number of ether oxygens (including phenoxy) is 1. The molecule has 1 aliphatic carbocycles. The number of rotatable bonds is 5. The lowest BCUT2D eigenvalue weighted by molar-refractivity contribution is -0.122. The van der Waals surface area contributed by atoms with Crippen LogP contribution in [-0.2, 0) is 16.6 Å². The molecule has 3 fully saturated rings. The summed E-state index contributed by atoms with van der Waals surface area (Å²) in [5, 5.41) is 11.9. The van der Waals surface area contributed by atoms with Crippen LogP contribution in [0.25, 0.3) is 0 Å². The van der Waals surface area contributed by atoms with Crippen molar-refractivity contribution in [3.8, 4) is 0 Å². The lowest BCUT2D eigenvalue weighted by Crippen LogP contribution is -2.50. The molecule has 3 aliphatic rings. The second-order valence-corrected chi connectivity index (χ2v) is 7.58. The third kappa shape index (κ3) is 3.64. The van der Waals surface area contributed by atoms with Crippen molar-refractivity contribution < 1.29 is 9.53 Å². The summed E-state index contributed by atoms with van der Waals surface area (Å²) in [7, 11) is 2.02. The largest absolute Gasteiger partial charge is 0.370 e. The first kappa shape index (κ1) is 16.8. The molecule has 1 amide bonds. The number of nitrogens with one attached hydrogen (secondary N) is 1. The molecule has 25 heavy (non-hydrogen) atoms. The Labute approximate surface area is 148 Å². The standard InChI is InChI=1S/C17H28N6O2/c1-12-5-10-25-15(12)16-19-20-17(21(16)2)23-8-6-22(7-9-23)11-14(24)18-13-3-4-13/h12-13,15H,3-11H2,1-2H3,(H,18,24)/t12-,15+/m0/s1. The second-order valence-electron chi connectivity index (χ2n) is 7.58. The summed E-state index contributed by atoms with van der Waals surface area (Å²) in [6, 6.07) is 0.436. The smallest absolute Gasteiger partial charge is 0.234 e. The second kappa shape index (κ2) is 6.92. The summed E-state index contributed by atoms with van der Waals surface area (Å²) in [4.78, 5) is 16.4. The highest BCUT2D eigenvalue weighted by molar-refractivity contribution is 5.78. The molecule has 0 spiro atoms. The van der Waals surface area contributed by atoms with E-state index in [0.29, 0.717) is 18.5 Å². The van der Waals surface area contributed by atoms with Crippen LogP contribution in [0, 0.1) is 5.92 Å². The molecule has 1 aromatic heterocycles. The topological polar surface area (TPSA) is 75.5 Å². The summed E-state index contributed by atoms with van der Waals surface area (Å²) < 4.78 is 7.91. The van der Waals surface area contributed by atoms with E-state index in [9.17, 15) is 4.79 Å². The van der Waals surface area contributed by atoms with E-state index in [1.807, 2.05) is 7.05 Å². The molecule has 0 bridgehead atoms. The van der Waals surface area contributed by atoms with Gasteiger partial charge in [0.2, 0.25) is 11.9 Å². The average Bonchev–Trinajstić information content (AvgIpc) is 3.18. The fraction of sp³-hybridized carbons (Fsp3) is 0.824. The van der Waals surface area contributed by atoms with Crippen LogP contribution < -0.4 is 10.2 Å². The van der Waals surface area contributed by atoms with Gasteiger partial charge in [-0.25, -0.2) is 0 Å². The molecule has 138 valence electrons. The van der Waals surface area contributed by atoms with Crippen LogP contribution in [0.2, 0.25) is 0 Å². The maximum Gasteiger partial charge on any atom is 0.234 e. The minimum atomic E-state index is 0.0543. The molecule has 8 nitrogen and oxygen atoms in total. The van der Waals surface area contributed by atoms with Crippen molar-refractivity contribution in [3.63, 3.8) is 0 Å². The highest BCUT2D eigenvalue weighted by Crippen LogP contribution is 2.33. The van der Waals surface area contributed by atoms with E-state index in [1.54, 1.807) is 0 Å². The Kier molecular flexibility index (Phi) is 4.64. The van der Waals surface area contributed by atoms with Crippen LogP contribution in [0.5, 0.6) is 0 Å². The van der Waals surface area contributed by atoms with Gasteiger partial charge in [0, 0.05) is 45.9 Å². The van der Waals surface area contributed by atoms with Crippen molar-refractivity contribution in [3.05, 3.63) is 5.82 Å². The van der Waals surface area contributed by atoms with E-state index in [-0.39, 0.29) is 12.0 Å². The predicted octanol–water partition coefficient (Wildman–Crippen LogP) is 0.313. The Morgan fingerprint density at radius 2 is 1.96 bits per heavy atom. The van der Waals surface area contributed by atoms with Crippen molar-refractivity contribution >= 4 is 11.9 Å². The first-order valence-corrected chi connectivity index (χ1v) is 9.39. The Morgan fingerprint density at radius 1 is 1.20 bits per heavy atom. The first-order valence-electron chi connectivity index (χ1n) is 9.39. The fourth-order valence-electron chi connectivity index (χ4n) is 3.69. The molecular weight excluding hydrogens is 320 g/mol. The molecule has 0 aromatic carbocycles. The average molecular weight is 348 g/mol. The van der Waals surface area contributed by atoms with E-state index in [1.165, 1.54) is 0 Å². The van der Waals surface area contributed by atoms with Gasteiger partial charge in [-0.3, -0.25) is 14.3 Å². The van der Waals surface area contributed by atoms with Crippen LogP contribution in [-0.4, -0.2) is 70.9 Å². The number of carbonyl (C=O) groups is 1. The number of hydrogen-bond acceptors (Lipinski definition) is 6. The van der Waals surface area contributed by atoms with Gasteiger partial charge in [-0.1, -0.05) is 6.92 Å². The maximum atomic E-state index is 11.9. The normalized spacial score (nSPS) is 27.7. The molecule has 2 saturated heterocycles. The van der Waals surface area contributed by atoms with Crippen LogP contribution in [0.3, 0.4) is 0 Å². The Hall–Kier alpha value is -1.67. The molecule has 2 atom stereocenters. The molecular formula is C17H28N6O2. The Balaban J connectivity index is 1.33. The Morgan fingerprint density at radius 3 is 2.60 bits per heavy atom. The zero-order chi connectivity index (χ0) is 17.4. The summed E-state index contributed by atoms with van der Waals surface area (Å²) in [6.07, 6.45) is 3.40. The lowest BCUT2D eigenvalue weighted by Gasteiger charge is -2.34. The van der Waals surface area contributed by atoms with Gasteiger partial charge in [-0.05, 0) is 25.2 Å². The molecule has 0 unspecified atom stereocenters. The predicted molar refractivity (Wildman–Crippen MR) is 93.3 cm³/mol. The summed E-state index contributed by atoms with van der Waals surface area (Å²) in [5.74, 6) is 2.47. The minimum absolute atomic E-state index is 0.0543. The summed E-state index contributed by atoms with van der Waals surface area (Å²) in [6.45, 7) is 6.98. The van der Waals surface area contributed by atoms with Gasteiger partial charge in [0.15, 0.2) is 5.82 Å². The minimum Gasteiger partial charge on any atom is -0.370 e. The monoisotopic (exact) mass is 348 g/mol. The van der Waals surface area contributed by atoms with Gasteiger partial charge >= 0.3 is 0 Å². The van der Waals surface area contributed by atoms with Gasteiger partial charge in [0.05, 0.1) is 6.54 Å². The van der Waals surface area contributed by atoms with Gasteiger partial charge in [-0.2, -0.15) is 0 Å². The van der Waals surface area contributed by atoms with Crippen molar-refractivity contribution in [1.82, 2.24) is 25.0 Å². The number of amides is 1. The number of aromatic nitrogens is 3. The van der Waals surface area contributed by atoms with Gasteiger partial charge in [-0.15, -0.1) is 10.2 Å². The Bertz CT molecular complexity index is 621. The molecule has 1 aromatic rings. The van der Waals surface area contributed by atoms with Crippen LogP contribution >= 0.6 is 0 Å². The summed E-state index contributed by atoms with van der Waals surface area (Å²) >= 11 is 0.